The smallest absolute Gasteiger partial charge is 0.338 e. The van der Waals surface area contributed by atoms with Gasteiger partial charge in [0, 0.05) is 5.56 Å². The molecule has 39 heavy (non-hydrogen) atoms. The van der Waals surface area contributed by atoms with Crippen LogP contribution in [0.15, 0.2) is 61.9 Å². The second kappa shape index (κ2) is 12.4. The van der Waals surface area contributed by atoms with Crippen molar-refractivity contribution in [2.75, 3.05) is 6.61 Å². The number of aromatic nitrogens is 1. The van der Waals surface area contributed by atoms with Crippen LogP contribution in [0.25, 0.3) is 6.08 Å². The summed E-state index contributed by atoms with van der Waals surface area (Å²) in [5, 5.41) is 0. The normalized spacial score (nSPS) is 15.4. The molecular formula is C29H30BrIN2O5S. The summed E-state index contributed by atoms with van der Waals surface area (Å²) in [5.41, 5.74) is 2.13. The average Bonchev–Trinajstić information content (AvgIpc) is 3.15. The molecule has 0 bridgehead atoms. The number of nitrogens with zero attached hydrogens (tertiary/aromatic N) is 2. The van der Waals surface area contributed by atoms with Gasteiger partial charge in [-0.05, 0) is 110 Å². The summed E-state index contributed by atoms with van der Waals surface area (Å²) >= 11 is 7.13. The number of rotatable bonds is 8. The van der Waals surface area contributed by atoms with Gasteiger partial charge in [-0.2, -0.15) is 0 Å². The Morgan fingerprint density at radius 2 is 1.87 bits per heavy atom. The van der Waals surface area contributed by atoms with Gasteiger partial charge in [0.15, 0.2) is 4.80 Å². The fourth-order valence-electron chi connectivity index (χ4n) is 4.32. The predicted octanol–water partition coefficient (Wildman–Crippen LogP) is 5.74. The third kappa shape index (κ3) is 6.33. The fourth-order valence-corrected chi connectivity index (χ4v) is 7.08. The average molecular weight is 725 g/mol. The van der Waals surface area contributed by atoms with Crippen molar-refractivity contribution in [2.45, 2.75) is 59.8 Å². The van der Waals surface area contributed by atoms with Crippen LogP contribution in [-0.2, 0) is 9.53 Å². The van der Waals surface area contributed by atoms with Crippen LogP contribution in [0.1, 0.15) is 58.7 Å². The third-order valence-corrected chi connectivity index (χ3v) is 8.14. The number of carbonyl (C=O) groups excluding carboxylic acids is 1. The maximum absolute atomic E-state index is 14.0. The van der Waals surface area contributed by atoms with Gasteiger partial charge in [-0.1, -0.05) is 29.5 Å². The lowest BCUT2D eigenvalue weighted by Gasteiger charge is -2.26. The second-order valence-electron chi connectivity index (χ2n) is 9.49. The first-order valence-corrected chi connectivity index (χ1v) is 15.3. The van der Waals surface area contributed by atoms with E-state index < -0.39 is 12.0 Å². The van der Waals surface area contributed by atoms with Crippen LogP contribution in [-0.4, -0.2) is 29.4 Å². The summed E-state index contributed by atoms with van der Waals surface area (Å²) in [4.78, 5) is 32.4. The van der Waals surface area contributed by atoms with Crippen molar-refractivity contribution in [3.05, 3.63) is 86.5 Å². The van der Waals surface area contributed by atoms with Crippen LogP contribution < -0.4 is 24.4 Å². The Kier molecular flexibility index (Phi) is 9.38. The molecule has 0 spiro atoms. The molecule has 206 valence electrons. The summed E-state index contributed by atoms with van der Waals surface area (Å²) in [6, 6.07) is 10.6. The van der Waals surface area contributed by atoms with Crippen molar-refractivity contribution in [2.24, 2.45) is 4.99 Å². The lowest BCUT2D eigenvalue weighted by molar-refractivity contribution is -0.139. The maximum atomic E-state index is 14.0. The number of allylic oxidation sites excluding steroid dienone is 1. The summed E-state index contributed by atoms with van der Waals surface area (Å²) < 4.78 is 21.3. The van der Waals surface area contributed by atoms with E-state index in [-0.39, 0.29) is 24.4 Å². The first-order valence-electron chi connectivity index (χ1n) is 12.6. The minimum absolute atomic E-state index is 0.0312. The number of hydrogen-bond donors (Lipinski definition) is 0. The Morgan fingerprint density at radius 1 is 1.18 bits per heavy atom. The van der Waals surface area contributed by atoms with E-state index >= 15 is 0 Å². The first-order chi connectivity index (χ1) is 18.5. The number of para-hydroxylation sites is 1. The van der Waals surface area contributed by atoms with Crippen LogP contribution in [0.4, 0.5) is 0 Å². The van der Waals surface area contributed by atoms with Crippen LogP contribution >= 0.6 is 49.9 Å². The SMILES string of the molecule is CCOC(=O)C1=C(C)N=c2s/c(=C\c3cc(Br)c(OC(C)C)c(I)c3)c(=O)n2[C@@H]1c1ccccc1OC(C)C. The van der Waals surface area contributed by atoms with E-state index in [0.29, 0.717) is 31.9 Å². The van der Waals surface area contributed by atoms with E-state index in [1.165, 1.54) is 11.3 Å². The maximum Gasteiger partial charge on any atom is 0.338 e. The Bertz CT molecular complexity index is 1600. The quantitative estimate of drug-likeness (QED) is 0.219. The molecule has 1 aliphatic heterocycles. The Labute approximate surface area is 253 Å². The van der Waals surface area contributed by atoms with Crippen molar-refractivity contribution < 1.29 is 19.0 Å². The molecule has 7 nitrogen and oxygen atoms in total. The van der Waals surface area contributed by atoms with Crippen molar-refractivity contribution in [1.82, 2.24) is 4.57 Å². The largest absolute Gasteiger partial charge is 0.491 e. The molecule has 0 unspecified atom stereocenters. The van der Waals surface area contributed by atoms with Gasteiger partial charge in [0.25, 0.3) is 5.56 Å². The summed E-state index contributed by atoms with van der Waals surface area (Å²) in [6.07, 6.45) is 1.78. The highest BCUT2D eigenvalue weighted by Crippen LogP contribution is 2.36. The number of ether oxygens (including phenoxy) is 3. The highest BCUT2D eigenvalue weighted by Gasteiger charge is 2.35. The molecule has 0 fully saturated rings. The van der Waals surface area contributed by atoms with E-state index in [1.807, 2.05) is 70.2 Å². The number of halogens is 2. The summed E-state index contributed by atoms with van der Waals surface area (Å²) in [5.74, 6) is 0.861. The lowest BCUT2D eigenvalue weighted by atomic mass is 9.95. The molecule has 0 aliphatic carbocycles. The van der Waals surface area contributed by atoms with Crippen molar-refractivity contribution in [1.29, 1.82) is 0 Å². The van der Waals surface area contributed by atoms with Crippen molar-refractivity contribution in [3.8, 4) is 11.5 Å². The van der Waals surface area contributed by atoms with Gasteiger partial charge < -0.3 is 14.2 Å². The monoisotopic (exact) mass is 724 g/mol. The molecule has 10 heteroatoms. The van der Waals surface area contributed by atoms with Gasteiger partial charge >= 0.3 is 5.97 Å². The Balaban J connectivity index is 1.94. The fraction of sp³-hybridized carbons (Fsp3) is 0.345. The van der Waals surface area contributed by atoms with Gasteiger partial charge in [0.05, 0.1) is 42.7 Å². The van der Waals surface area contributed by atoms with Crippen LogP contribution in [0.3, 0.4) is 0 Å². The van der Waals surface area contributed by atoms with E-state index in [2.05, 4.69) is 43.5 Å². The van der Waals surface area contributed by atoms with E-state index in [1.54, 1.807) is 18.4 Å². The standard InChI is InChI=1S/C29H30BrIN2O5S/c1-7-36-28(35)24-17(6)32-29-33(25(24)19-10-8-9-11-22(19)37-15(2)3)27(34)23(39-29)14-18-12-20(30)26(21(31)13-18)38-16(4)5/h8-16,25H,7H2,1-6H3/b23-14-/t25-/m1/s1. The second-order valence-corrected chi connectivity index (χ2v) is 12.5. The molecule has 0 N–H and O–H groups in total. The predicted molar refractivity (Wildman–Crippen MR) is 165 cm³/mol. The van der Waals surface area contributed by atoms with E-state index in [0.717, 1.165) is 19.4 Å². The Morgan fingerprint density at radius 3 is 2.51 bits per heavy atom. The minimum atomic E-state index is -0.744. The van der Waals surface area contributed by atoms with Gasteiger partial charge in [-0.15, -0.1) is 0 Å². The van der Waals surface area contributed by atoms with Crippen LogP contribution in [0.5, 0.6) is 11.5 Å². The number of fused-ring (bicyclic) bond motifs is 1. The Hall–Kier alpha value is -2.44. The molecule has 1 aliphatic rings. The molecule has 2 aromatic carbocycles. The van der Waals surface area contributed by atoms with Gasteiger partial charge in [-0.3, -0.25) is 9.36 Å². The molecule has 0 amide bonds. The summed E-state index contributed by atoms with van der Waals surface area (Å²) in [6.45, 7) is 11.6. The van der Waals surface area contributed by atoms with Crippen LogP contribution in [0, 0.1) is 3.57 Å². The summed E-state index contributed by atoms with van der Waals surface area (Å²) in [7, 11) is 0. The molecule has 1 aromatic heterocycles. The number of carbonyl (C=O) groups is 1. The zero-order valence-electron chi connectivity index (χ0n) is 22.6. The highest BCUT2D eigenvalue weighted by molar-refractivity contribution is 14.1. The first kappa shape index (κ1) is 29.5. The molecule has 4 rings (SSSR count). The molecule has 2 heterocycles. The molecule has 3 aromatic rings. The van der Waals surface area contributed by atoms with Crippen molar-refractivity contribution in [3.63, 3.8) is 0 Å². The van der Waals surface area contributed by atoms with Crippen molar-refractivity contribution >= 4 is 61.9 Å². The molecule has 0 saturated heterocycles. The minimum Gasteiger partial charge on any atom is -0.491 e. The lowest BCUT2D eigenvalue weighted by Crippen LogP contribution is -2.40. The van der Waals surface area contributed by atoms with Gasteiger partial charge in [0.1, 0.15) is 17.5 Å². The van der Waals surface area contributed by atoms with E-state index in [4.69, 9.17) is 14.2 Å². The molecule has 0 radical (unpaired) electrons. The zero-order chi connectivity index (χ0) is 28.4. The number of esters is 1. The van der Waals surface area contributed by atoms with Gasteiger partial charge in [-0.25, -0.2) is 9.79 Å². The van der Waals surface area contributed by atoms with E-state index in [9.17, 15) is 9.59 Å². The number of hydrogen-bond acceptors (Lipinski definition) is 7. The molecule has 0 saturated carbocycles. The molecular weight excluding hydrogens is 695 g/mol. The number of benzene rings is 2. The zero-order valence-corrected chi connectivity index (χ0v) is 27.1. The topological polar surface area (TPSA) is 79.1 Å². The van der Waals surface area contributed by atoms with Gasteiger partial charge in [0.2, 0.25) is 0 Å². The highest BCUT2D eigenvalue weighted by atomic mass is 127. The number of thiazole rings is 1. The third-order valence-electron chi connectivity index (χ3n) is 5.77. The van der Waals surface area contributed by atoms with Crippen LogP contribution in [0.2, 0.25) is 0 Å². The molecule has 1 atom stereocenters.